The summed E-state index contributed by atoms with van der Waals surface area (Å²) in [7, 11) is 0. The molecule has 0 saturated carbocycles. The SMILES string of the molecule is c1ccc2cc([C@H]([C@H]3CCCNC3)n3cncn3)ccc2c1. The van der Waals surface area contributed by atoms with Crippen molar-refractivity contribution in [2.24, 2.45) is 5.92 Å². The van der Waals surface area contributed by atoms with Gasteiger partial charge in [-0.3, -0.25) is 0 Å². The number of nitrogens with zero attached hydrogens (tertiary/aromatic N) is 3. The van der Waals surface area contributed by atoms with Crippen molar-refractivity contribution >= 4 is 10.8 Å². The number of benzene rings is 2. The van der Waals surface area contributed by atoms with Crippen molar-refractivity contribution in [3.05, 3.63) is 60.7 Å². The highest BCUT2D eigenvalue weighted by molar-refractivity contribution is 5.83. The highest BCUT2D eigenvalue weighted by Gasteiger charge is 2.27. The molecule has 2 aromatic carbocycles. The summed E-state index contributed by atoms with van der Waals surface area (Å²) in [4.78, 5) is 4.16. The average molecular weight is 292 g/mol. The van der Waals surface area contributed by atoms with Gasteiger partial charge >= 0.3 is 0 Å². The first kappa shape index (κ1) is 13.5. The molecule has 2 heterocycles. The first-order valence-electron chi connectivity index (χ1n) is 7.95. The van der Waals surface area contributed by atoms with Crippen LogP contribution >= 0.6 is 0 Å². The predicted molar refractivity (Wildman–Crippen MR) is 87.7 cm³/mol. The summed E-state index contributed by atoms with van der Waals surface area (Å²) < 4.78 is 2.02. The first-order chi connectivity index (χ1) is 10.9. The van der Waals surface area contributed by atoms with E-state index in [9.17, 15) is 0 Å². The van der Waals surface area contributed by atoms with Crippen molar-refractivity contribution in [2.75, 3.05) is 13.1 Å². The van der Waals surface area contributed by atoms with E-state index in [0.717, 1.165) is 13.1 Å². The molecule has 0 spiro atoms. The lowest BCUT2D eigenvalue weighted by Crippen LogP contribution is -2.35. The Kier molecular flexibility index (Phi) is 3.60. The van der Waals surface area contributed by atoms with Crippen molar-refractivity contribution in [1.29, 1.82) is 0 Å². The molecule has 1 fully saturated rings. The van der Waals surface area contributed by atoms with Gasteiger partial charge in [0, 0.05) is 6.54 Å². The van der Waals surface area contributed by atoms with E-state index < -0.39 is 0 Å². The van der Waals surface area contributed by atoms with E-state index in [1.165, 1.54) is 29.2 Å². The van der Waals surface area contributed by atoms with Gasteiger partial charge < -0.3 is 5.32 Å². The van der Waals surface area contributed by atoms with Gasteiger partial charge in [0.05, 0.1) is 6.04 Å². The minimum absolute atomic E-state index is 0.250. The van der Waals surface area contributed by atoms with Gasteiger partial charge in [-0.2, -0.15) is 5.10 Å². The summed E-state index contributed by atoms with van der Waals surface area (Å²) in [5, 5.41) is 10.5. The fourth-order valence-electron chi connectivity index (χ4n) is 3.54. The number of piperidine rings is 1. The molecule has 1 aromatic heterocycles. The quantitative estimate of drug-likeness (QED) is 0.807. The van der Waals surface area contributed by atoms with Gasteiger partial charge in [-0.1, -0.05) is 36.4 Å². The van der Waals surface area contributed by atoms with E-state index in [-0.39, 0.29) is 6.04 Å². The summed E-state index contributed by atoms with van der Waals surface area (Å²) in [6, 6.07) is 15.5. The van der Waals surface area contributed by atoms with Crippen molar-refractivity contribution in [3.8, 4) is 0 Å². The third-order valence-electron chi connectivity index (χ3n) is 4.62. The molecule has 0 amide bonds. The molecule has 0 radical (unpaired) electrons. The monoisotopic (exact) mass is 292 g/mol. The van der Waals surface area contributed by atoms with Crippen LogP contribution in [-0.4, -0.2) is 27.9 Å². The molecular weight excluding hydrogens is 272 g/mol. The zero-order valence-corrected chi connectivity index (χ0v) is 12.5. The number of fused-ring (bicyclic) bond motifs is 1. The topological polar surface area (TPSA) is 42.7 Å². The number of hydrogen-bond acceptors (Lipinski definition) is 3. The molecule has 0 bridgehead atoms. The molecular formula is C18H20N4. The Labute approximate surface area is 130 Å². The summed E-state index contributed by atoms with van der Waals surface area (Å²) >= 11 is 0. The van der Waals surface area contributed by atoms with Gasteiger partial charge in [0.1, 0.15) is 12.7 Å². The van der Waals surface area contributed by atoms with E-state index in [4.69, 9.17) is 0 Å². The number of aromatic nitrogens is 3. The Morgan fingerprint density at radius 2 is 2.05 bits per heavy atom. The standard InChI is InChI=1S/C18H20N4/c1-2-5-15-10-16(8-7-14(15)4-1)18(22-13-20-12-21-22)17-6-3-9-19-11-17/h1-2,4-5,7-8,10,12-13,17-19H,3,6,9,11H2/t17-,18+/m0/s1. The summed E-state index contributed by atoms with van der Waals surface area (Å²) in [6.45, 7) is 2.16. The second-order valence-corrected chi connectivity index (χ2v) is 6.03. The fourth-order valence-corrected chi connectivity index (χ4v) is 3.54. The summed E-state index contributed by atoms with van der Waals surface area (Å²) in [5.74, 6) is 0.552. The van der Waals surface area contributed by atoms with Crippen LogP contribution in [0.4, 0.5) is 0 Å². The van der Waals surface area contributed by atoms with Gasteiger partial charge in [-0.25, -0.2) is 9.67 Å². The van der Waals surface area contributed by atoms with E-state index in [1.54, 1.807) is 6.33 Å². The van der Waals surface area contributed by atoms with Crippen molar-refractivity contribution in [1.82, 2.24) is 20.1 Å². The second kappa shape index (κ2) is 5.89. The minimum atomic E-state index is 0.250. The maximum Gasteiger partial charge on any atom is 0.137 e. The third kappa shape index (κ3) is 2.50. The van der Waals surface area contributed by atoms with Crippen molar-refractivity contribution in [3.63, 3.8) is 0 Å². The lowest BCUT2D eigenvalue weighted by Gasteiger charge is -2.31. The van der Waals surface area contributed by atoms with E-state index in [0.29, 0.717) is 5.92 Å². The molecule has 4 heteroatoms. The summed E-state index contributed by atoms with van der Waals surface area (Å²) in [5.41, 5.74) is 1.32. The molecule has 22 heavy (non-hydrogen) atoms. The lowest BCUT2D eigenvalue weighted by molar-refractivity contribution is 0.281. The van der Waals surface area contributed by atoms with Crippen LogP contribution in [-0.2, 0) is 0 Å². The van der Waals surface area contributed by atoms with Crippen LogP contribution in [0.2, 0.25) is 0 Å². The number of rotatable bonds is 3. The predicted octanol–water partition coefficient (Wildman–Crippen LogP) is 3.02. The van der Waals surface area contributed by atoms with Crippen LogP contribution in [0.15, 0.2) is 55.1 Å². The van der Waals surface area contributed by atoms with E-state index >= 15 is 0 Å². The molecule has 4 rings (SSSR count). The van der Waals surface area contributed by atoms with Crippen LogP contribution in [0.1, 0.15) is 24.4 Å². The Morgan fingerprint density at radius 3 is 2.82 bits per heavy atom. The molecule has 1 saturated heterocycles. The van der Waals surface area contributed by atoms with Crippen LogP contribution in [0.5, 0.6) is 0 Å². The van der Waals surface area contributed by atoms with Crippen molar-refractivity contribution < 1.29 is 0 Å². The Morgan fingerprint density at radius 1 is 1.14 bits per heavy atom. The maximum atomic E-state index is 4.43. The molecule has 112 valence electrons. The van der Waals surface area contributed by atoms with Gasteiger partial charge in [0.2, 0.25) is 0 Å². The highest BCUT2D eigenvalue weighted by Crippen LogP contribution is 2.32. The highest BCUT2D eigenvalue weighted by atomic mass is 15.3. The van der Waals surface area contributed by atoms with E-state index in [2.05, 4.69) is 57.9 Å². The number of hydrogen-bond donors (Lipinski definition) is 1. The third-order valence-corrected chi connectivity index (χ3v) is 4.62. The molecule has 1 aliphatic heterocycles. The zero-order valence-electron chi connectivity index (χ0n) is 12.5. The Bertz CT molecular complexity index is 745. The fraction of sp³-hybridized carbons (Fsp3) is 0.333. The number of nitrogens with one attached hydrogen (secondary N) is 1. The Balaban J connectivity index is 1.78. The van der Waals surface area contributed by atoms with Crippen LogP contribution in [0.25, 0.3) is 10.8 Å². The van der Waals surface area contributed by atoms with Crippen LogP contribution < -0.4 is 5.32 Å². The molecule has 1 N–H and O–H groups in total. The first-order valence-corrected chi connectivity index (χ1v) is 7.95. The molecule has 0 unspecified atom stereocenters. The largest absolute Gasteiger partial charge is 0.316 e. The van der Waals surface area contributed by atoms with Gasteiger partial charge in [0.15, 0.2) is 0 Å². The Hall–Kier alpha value is -2.20. The normalized spacial score (nSPS) is 20.1. The molecule has 4 nitrogen and oxygen atoms in total. The lowest BCUT2D eigenvalue weighted by atomic mass is 9.86. The van der Waals surface area contributed by atoms with Gasteiger partial charge in [-0.15, -0.1) is 0 Å². The molecule has 3 aromatic rings. The van der Waals surface area contributed by atoms with E-state index in [1.807, 2.05) is 11.0 Å². The second-order valence-electron chi connectivity index (χ2n) is 6.03. The molecule has 0 aliphatic carbocycles. The average Bonchev–Trinajstić information content (AvgIpc) is 3.10. The smallest absolute Gasteiger partial charge is 0.137 e. The van der Waals surface area contributed by atoms with Crippen LogP contribution in [0, 0.1) is 5.92 Å². The molecule has 1 aliphatic rings. The molecule has 2 atom stereocenters. The van der Waals surface area contributed by atoms with Gasteiger partial charge in [-0.05, 0) is 47.7 Å². The maximum absolute atomic E-state index is 4.43. The van der Waals surface area contributed by atoms with Crippen molar-refractivity contribution in [2.45, 2.75) is 18.9 Å². The minimum Gasteiger partial charge on any atom is -0.316 e. The van der Waals surface area contributed by atoms with Gasteiger partial charge in [0.25, 0.3) is 0 Å². The summed E-state index contributed by atoms with van der Waals surface area (Å²) in [6.07, 6.45) is 5.92. The van der Waals surface area contributed by atoms with Crippen LogP contribution in [0.3, 0.4) is 0 Å². The zero-order chi connectivity index (χ0) is 14.8.